The van der Waals surface area contributed by atoms with Crippen LogP contribution >= 0.6 is 0 Å². The summed E-state index contributed by atoms with van der Waals surface area (Å²) in [6.07, 6.45) is -1.87. The highest BCUT2D eigenvalue weighted by Gasteiger charge is 2.12. The van der Waals surface area contributed by atoms with Gasteiger partial charge in [0.25, 0.3) is 11.9 Å². The van der Waals surface area contributed by atoms with Gasteiger partial charge in [0, 0.05) is 12.1 Å². The van der Waals surface area contributed by atoms with E-state index in [9.17, 15) is 9.59 Å². The second-order valence-corrected chi connectivity index (χ2v) is 2.19. The first-order chi connectivity index (χ1) is 7.15. The van der Waals surface area contributed by atoms with E-state index in [0.717, 1.165) is 14.2 Å². The van der Waals surface area contributed by atoms with E-state index < -0.39 is 12.3 Å². The van der Waals surface area contributed by atoms with Crippen molar-refractivity contribution in [2.45, 2.75) is 0 Å². The van der Waals surface area contributed by atoms with Crippen LogP contribution in [0.15, 0.2) is 16.5 Å². The number of hydrogen-bond donors (Lipinski definition) is 0. The van der Waals surface area contributed by atoms with Gasteiger partial charge in [0.1, 0.15) is 0 Å². The van der Waals surface area contributed by atoms with Crippen molar-refractivity contribution in [2.24, 2.45) is 0 Å². The number of carbonyl (C=O) groups excluding carboxylic acids is 2. The highest BCUT2D eigenvalue weighted by atomic mass is 16.8. The molecule has 0 aromatic carbocycles. The summed E-state index contributed by atoms with van der Waals surface area (Å²) in [5.41, 5.74) is 0. The zero-order chi connectivity index (χ0) is 11.3. The fourth-order valence-corrected chi connectivity index (χ4v) is 0.661. The highest BCUT2D eigenvalue weighted by molar-refractivity contribution is 5.63. The third kappa shape index (κ3) is 3.22. The molecule has 7 nitrogen and oxygen atoms in total. The van der Waals surface area contributed by atoms with E-state index >= 15 is 0 Å². The lowest BCUT2D eigenvalue weighted by Crippen LogP contribution is -2.07. The summed E-state index contributed by atoms with van der Waals surface area (Å²) in [5, 5.41) is 0. The van der Waals surface area contributed by atoms with E-state index in [1.807, 2.05) is 0 Å². The summed E-state index contributed by atoms with van der Waals surface area (Å²) in [6.45, 7) is 0. The fourth-order valence-electron chi connectivity index (χ4n) is 0.661. The van der Waals surface area contributed by atoms with E-state index in [4.69, 9.17) is 4.42 Å². The first-order valence-corrected chi connectivity index (χ1v) is 3.77. The van der Waals surface area contributed by atoms with Gasteiger partial charge in [-0.1, -0.05) is 0 Å². The maximum atomic E-state index is 10.6. The standard InChI is InChI=1S/C8H8O7/c1-11-7(9)14-5-3-4-6(13-5)15-8(10)12-2/h3-4H,1-2H3. The first kappa shape index (κ1) is 10.9. The van der Waals surface area contributed by atoms with Crippen LogP contribution in [0.25, 0.3) is 0 Å². The van der Waals surface area contributed by atoms with Gasteiger partial charge in [0.05, 0.1) is 14.2 Å². The third-order valence-corrected chi connectivity index (χ3v) is 1.26. The summed E-state index contributed by atoms with van der Waals surface area (Å²) in [5.74, 6) is -0.304. The maximum Gasteiger partial charge on any atom is 0.516 e. The zero-order valence-electron chi connectivity index (χ0n) is 8.01. The van der Waals surface area contributed by atoms with E-state index in [1.165, 1.54) is 12.1 Å². The SMILES string of the molecule is COC(=O)Oc1ccc(OC(=O)OC)o1. The largest absolute Gasteiger partial charge is 0.516 e. The van der Waals surface area contributed by atoms with Crippen LogP contribution in [-0.4, -0.2) is 26.5 Å². The normalized spacial score (nSPS) is 9.20. The number of hydrogen-bond acceptors (Lipinski definition) is 7. The number of ether oxygens (including phenoxy) is 4. The van der Waals surface area contributed by atoms with E-state index in [0.29, 0.717) is 0 Å². The summed E-state index contributed by atoms with van der Waals surface area (Å²) < 4.78 is 22.2. The fraction of sp³-hybridized carbons (Fsp3) is 0.250. The molecule has 7 heteroatoms. The van der Waals surface area contributed by atoms with Crippen molar-refractivity contribution in [2.75, 3.05) is 14.2 Å². The lowest BCUT2D eigenvalue weighted by Gasteiger charge is -1.98. The molecule has 0 aliphatic rings. The molecule has 1 rings (SSSR count). The molecule has 0 radical (unpaired) electrons. The molecule has 0 spiro atoms. The molecule has 0 amide bonds. The van der Waals surface area contributed by atoms with Gasteiger partial charge in [-0.2, -0.15) is 0 Å². The van der Waals surface area contributed by atoms with Gasteiger partial charge in [0.2, 0.25) is 0 Å². The minimum Gasteiger partial charge on any atom is -0.437 e. The average Bonchev–Trinajstić information content (AvgIpc) is 2.65. The summed E-state index contributed by atoms with van der Waals surface area (Å²) in [6, 6.07) is 2.57. The number of furan rings is 1. The summed E-state index contributed by atoms with van der Waals surface area (Å²) in [4.78, 5) is 21.3. The Bertz CT molecular complexity index is 321. The van der Waals surface area contributed by atoms with Crippen LogP contribution in [0.1, 0.15) is 0 Å². The molecule has 0 saturated heterocycles. The van der Waals surface area contributed by atoms with Crippen molar-refractivity contribution in [3.05, 3.63) is 12.1 Å². The van der Waals surface area contributed by atoms with Gasteiger partial charge in [0.15, 0.2) is 0 Å². The molecule has 0 saturated carbocycles. The lowest BCUT2D eigenvalue weighted by molar-refractivity contribution is 0.0992. The van der Waals surface area contributed by atoms with Gasteiger partial charge in [-0.15, -0.1) is 0 Å². The summed E-state index contributed by atoms with van der Waals surface area (Å²) in [7, 11) is 2.30. The van der Waals surface area contributed by atoms with Crippen molar-refractivity contribution < 1.29 is 33.0 Å². The molecular weight excluding hydrogens is 208 g/mol. The second-order valence-electron chi connectivity index (χ2n) is 2.19. The van der Waals surface area contributed by atoms with Crippen LogP contribution in [0.3, 0.4) is 0 Å². The molecule has 0 bridgehead atoms. The Labute approximate surface area is 84.5 Å². The second kappa shape index (κ2) is 4.89. The minimum atomic E-state index is -0.936. The predicted octanol–water partition coefficient (Wildman–Crippen LogP) is 1.57. The van der Waals surface area contributed by atoms with Crippen molar-refractivity contribution in [3.63, 3.8) is 0 Å². The molecule has 1 heterocycles. The quantitative estimate of drug-likeness (QED) is 0.693. The molecule has 0 fully saturated rings. The monoisotopic (exact) mass is 216 g/mol. The van der Waals surface area contributed by atoms with Crippen LogP contribution in [0, 0.1) is 0 Å². The average molecular weight is 216 g/mol. The van der Waals surface area contributed by atoms with Gasteiger partial charge in [-0.05, 0) is 0 Å². The van der Waals surface area contributed by atoms with Gasteiger partial charge >= 0.3 is 12.3 Å². The van der Waals surface area contributed by atoms with E-state index in [2.05, 4.69) is 18.9 Å². The Hall–Kier alpha value is -2.18. The molecule has 82 valence electrons. The number of methoxy groups -OCH3 is 2. The van der Waals surface area contributed by atoms with Gasteiger partial charge in [-0.3, -0.25) is 0 Å². The van der Waals surface area contributed by atoms with Crippen LogP contribution < -0.4 is 9.47 Å². The van der Waals surface area contributed by atoms with E-state index in [-0.39, 0.29) is 11.9 Å². The molecule has 15 heavy (non-hydrogen) atoms. The van der Waals surface area contributed by atoms with Crippen molar-refractivity contribution >= 4 is 12.3 Å². The Morgan fingerprint density at radius 2 is 1.40 bits per heavy atom. The molecule has 0 atom stereocenters. The number of carbonyl (C=O) groups is 2. The lowest BCUT2D eigenvalue weighted by atomic mass is 10.6. The van der Waals surface area contributed by atoms with Gasteiger partial charge in [-0.25, -0.2) is 9.59 Å². The third-order valence-electron chi connectivity index (χ3n) is 1.26. The zero-order valence-corrected chi connectivity index (χ0v) is 8.01. The Morgan fingerprint density at radius 3 is 1.73 bits per heavy atom. The maximum absolute atomic E-state index is 10.6. The van der Waals surface area contributed by atoms with Crippen LogP contribution in [-0.2, 0) is 9.47 Å². The molecule has 0 unspecified atom stereocenters. The highest BCUT2D eigenvalue weighted by Crippen LogP contribution is 2.22. The Balaban J connectivity index is 2.56. The Kier molecular flexibility index (Phi) is 3.55. The molecule has 0 N–H and O–H groups in total. The van der Waals surface area contributed by atoms with Crippen molar-refractivity contribution in [1.29, 1.82) is 0 Å². The molecule has 1 aromatic rings. The minimum absolute atomic E-state index is 0.152. The smallest absolute Gasteiger partial charge is 0.437 e. The van der Waals surface area contributed by atoms with Crippen molar-refractivity contribution in [3.8, 4) is 11.9 Å². The molecule has 0 aliphatic heterocycles. The molecular formula is C8H8O7. The topological polar surface area (TPSA) is 84.2 Å². The summed E-state index contributed by atoms with van der Waals surface area (Å²) >= 11 is 0. The van der Waals surface area contributed by atoms with Crippen LogP contribution in [0.4, 0.5) is 9.59 Å². The van der Waals surface area contributed by atoms with Gasteiger partial charge < -0.3 is 23.4 Å². The first-order valence-electron chi connectivity index (χ1n) is 3.77. The van der Waals surface area contributed by atoms with Crippen LogP contribution in [0.2, 0.25) is 0 Å². The van der Waals surface area contributed by atoms with Crippen LogP contribution in [0.5, 0.6) is 11.9 Å². The number of rotatable bonds is 2. The van der Waals surface area contributed by atoms with E-state index in [1.54, 1.807) is 0 Å². The van der Waals surface area contributed by atoms with Crippen molar-refractivity contribution in [1.82, 2.24) is 0 Å². The molecule has 0 aliphatic carbocycles. The predicted molar refractivity (Wildman–Crippen MR) is 44.8 cm³/mol. The Morgan fingerprint density at radius 1 is 1.00 bits per heavy atom. The molecule has 1 aromatic heterocycles.